The Morgan fingerprint density at radius 2 is 1.38 bits per heavy atom. The molecule has 2 nitrogen and oxygen atoms in total. The van der Waals surface area contributed by atoms with Crippen LogP contribution in [-0.4, -0.2) is 25.4 Å². The summed E-state index contributed by atoms with van der Waals surface area (Å²) in [5, 5.41) is 0. The van der Waals surface area contributed by atoms with Crippen molar-refractivity contribution in [2.24, 2.45) is 35.5 Å². The van der Waals surface area contributed by atoms with E-state index in [1.165, 1.54) is 83.1 Å². The lowest BCUT2D eigenvalue weighted by Crippen LogP contribution is -2.34. The van der Waals surface area contributed by atoms with E-state index in [9.17, 15) is 8.78 Å². The first-order valence-electron chi connectivity index (χ1n) is 16.0. The Balaban J connectivity index is 1.02. The van der Waals surface area contributed by atoms with Crippen LogP contribution in [0.3, 0.4) is 0 Å². The van der Waals surface area contributed by atoms with Gasteiger partial charge in [-0.2, -0.15) is 8.78 Å². The highest BCUT2D eigenvalue weighted by molar-refractivity contribution is 4.93. The molecule has 0 amide bonds. The molecule has 1 heterocycles. The normalized spacial score (nSPS) is 37.5. The summed E-state index contributed by atoms with van der Waals surface area (Å²) in [6.07, 6.45) is 27.4. The lowest BCUT2D eigenvalue weighted by atomic mass is 9.67. The van der Waals surface area contributed by atoms with Crippen LogP contribution in [0.25, 0.3) is 0 Å². The van der Waals surface area contributed by atoms with Crippen molar-refractivity contribution in [3.05, 3.63) is 24.3 Å². The van der Waals surface area contributed by atoms with Gasteiger partial charge >= 0.3 is 0 Å². The van der Waals surface area contributed by atoms with E-state index >= 15 is 0 Å². The number of hydrogen-bond acceptors (Lipinski definition) is 2. The quantitative estimate of drug-likeness (QED) is 0.199. The van der Waals surface area contributed by atoms with Gasteiger partial charge < -0.3 is 9.47 Å². The van der Waals surface area contributed by atoms with Crippen LogP contribution in [0.1, 0.15) is 122 Å². The number of allylic oxidation sites excluding steroid dienone is 3. The van der Waals surface area contributed by atoms with E-state index in [0.29, 0.717) is 12.2 Å². The summed E-state index contributed by atoms with van der Waals surface area (Å²) in [6.45, 7) is 3.98. The van der Waals surface area contributed by atoms with E-state index in [-0.39, 0.29) is 5.92 Å². The maximum atomic E-state index is 12.6. The van der Waals surface area contributed by atoms with Crippen molar-refractivity contribution in [3.63, 3.8) is 0 Å². The summed E-state index contributed by atoms with van der Waals surface area (Å²) in [5.41, 5.74) is 0. The zero-order valence-corrected chi connectivity index (χ0v) is 23.6. The maximum Gasteiger partial charge on any atom is 0.266 e. The lowest BCUT2D eigenvalue weighted by Gasteiger charge is -2.41. The summed E-state index contributed by atoms with van der Waals surface area (Å²) in [6, 6.07) is 0. The second-order valence-electron chi connectivity index (χ2n) is 12.9. The zero-order chi connectivity index (χ0) is 25.9. The van der Waals surface area contributed by atoms with Crippen LogP contribution in [0.5, 0.6) is 0 Å². The molecular weight excluding hydrogens is 466 g/mol. The molecule has 0 radical (unpaired) electrons. The maximum absolute atomic E-state index is 12.6. The van der Waals surface area contributed by atoms with Crippen molar-refractivity contribution in [2.75, 3.05) is 13.2 Å². The predicted molar refractivity (Wildman–Crippen MR) is 149 cm³/mol. The summed E-state index contributed by atoms with van der Waals surface area (Å²) in [4.78, 5) is 0. The zero-order valence-electron chi connectivity index (χ0n) is 23.6. The van der Waals surface area contributed by atoms with Crippen LogP contribution in [0.15, 0.2) is 24.3 Å². The van der Waals surface area contributed by atoms with Crippen LogP contribution >= 0.6 is 0 Å². The fourth-order valence-electron chi connectivity index (χ4n) is 8.12. The molecule has 4 fully saturated rings. The third-order valence-corrected chi connectivity index (χ3v) is 10.5. The van der Waals surface area contributed by atoms with Gasteiger partial charge in [-0.05, 0) is 164 Å². The highest BCUT2D eigenvalue weighted by Crippen LogP contribution is 2.44. The van der Waals surface area contributed by atoms with Gasteiger partial charge in [-0.3, -0.25) is 0 Å². The molecule has 0 bridgehead atoms. The fraction of sp³-hybridized carbons (Fsp3) is 0.879. The van der Waals surface area contributed by atoms with Crippen molar-refractivity contribution in [2.45, 2.75) is 135 Å². The summed E-state index contributed by atoms with van der Waals surface area (Å²) < 4.78 is 37.7. The Morgan fingerprint density at radius 3 is 1.97 bits per heavy atom. The van der Waals surface area contributed by atoms with E-state index in [2.05, 4.69) is 19.1 Å². The molecule has 4 heteroatoms. The van der Waals surface area contributed by atoms with Crippen molar-refractivity contribution < 1.29 is 18.3 Å². The van der Waals surface area contributed by atoms with Crippen molar-refractivity contribution in [1.29, 1.82) is 0 Å². The Labute approximate surface area is 226 Å². The molecule has 0 spiro atoms. The Kier molecular flexibility index (Phi) is 12.5. The van der Waals surface area contributed by atoms with Crippen LogP contribution in [-0.2, 0) is 9.47 Å². The molecular formula is C33H54F2O2. The van der Waals surface area contributed by atoms with Crippen molar-refractivity contribution in [1.82, 2.24) is 0 Å². The van der Waals surface area contributed by atoms with Crippen LogP contribution < -0.4 is 0 Å². The van der Waals surface area contributed by atoms with E-state index < -0.39 is 6.08 Å². The molecule has 212 valence electrons. The Bertz CT molecular complexity index is 670. The standard InChI is InChI=1S/C33H54F2O2/c1-2-3-4-6-25-10-19-32(20-11-25)36-22-5-7-31-21-18-30(24-37-31)29-16-14-28(15-17-29)27-12-8-26(9-13-27)23-33(34)35/h2-3,23,25-32H,4-22,24H2,1H3. The third-order valence-electron chi connectivity index (χ3n) is 10.5. The van der Waals surface area contributed by atoms with Crippen LogP contribution in [0, 0.1) is 35.5 Å². The van der Waals surface area contributed by atoms with Gasteiger partial charge in [0.05, 0.1) is 18.8 Å². The number of rotatable bonds is 11. The van der Waals surface area contributed by atoms with Gasteiger partial charge in [-0.1, -0.05) is 12.2 Å². The summed E-state index contributed by atoms with van der Waals surface area (Å²) in [7, 11) is 0. The SMILES string of the molecule is CC=CCCC1CCC(OCCCC2CCC(C3CCC(C4CCC(C=C(F)F)CC4)CC3)CO2)CC1. The smallest absolute Gasteiger partial charge is 0.266 e. The van der Waals surface area contributed by atoms with E-state index in [0.717, 1.165) is 81.3 Å². The highest BCUT2D eigenvalue weighted by atomic mass is 19.3. The van der Waals surface area contributed by atoms with Gasteiger partial charge in [-0.15, -0.1) is 0 Å². The molecule has 4 rings (SSSR count). The molecule has 0 aromatic carbocycles. The Morgan fingerprint density at radius 1 is 0.757 bits per heavy atom. The highest BCUT2D eigenvalue weighted by Gasteiger charge is 2.35. The van der Waals surface area contributed by atoms with Gasteiger partial charge in [-0.25, -0.2) is 0 Å². The van der Waals surface area contributed by atoms with Gasteiger partial charge in [0, 0.05) is 6.61 Å². The second-order valence-corrected chi connectivity index (χ2v) is 12.9. The molecule has 2 atom stereocenters. The van der Waals surface area contributed by atoms with Crippen LogP contribution in [0.2, 0.25) is 0 Å². The molecule has 0 aromatic rings. The minimum atomic E-state index is -1.49. The second kappa shape index (κ2) is 15.8. The average Bonchev–Trinajstić information content (AvgIpc) is 2.93. The molecule has 3 saturated carbocycles. The number of halogens is 2. The molecule has 4 aliphatic rings. The van der Waals surface area contributed by atoms with Crippen molar-refractivity contribution >= 4 is 0 Å². The van der Waals surface area contributed by atoms with Gasteiger partial charge in [0.25, 0.3) is 6.08 Å². The minimum absolute atomic E-state index is 0.120. The van der Waals surface area contributed by atoms with E-state index in [4.69, 9.17) is 9.47 Å². The fourth-order valence-corrected chi connectivity index (χ4v) is 8.12. The number of hydrogen-bond donors (Lipinski definition) is 0. The molecule has 37 heavy (non-hydrogen) atoms. The molecule has 1 aliphatic heterocycles. The number of ether oxygens (including phenoxy) is 2. The molecule has 0 aromatic heterocycles. The van der Waals surface area contributed by atoms with E-state index in [1.807, 2.05) is 0 Å². The van der Waals surface area contributed by atoms with Crippen LogP contribution in [0.4, 0.5) is 8.78 Å². The van der Waals surface area contributed by atoms with Gasteiger partial charge in [0.2, 0.25) is 0 Å². The first-order valence-corrected chi connectivity index (χ1v) is 16.0. The minimum Gasteiger partial charge on any atom is -0.378 e. The predicted octanol–water partition coefficient (Wildman–Crippen LogP) is 9.89. The van der Waals surface area contributed by atoms with E-state index in [1.54, 1.807) is 0 Å². The Hall–Kier alpha value is -0.740. The largest absolute Gasteiger partial charge is 0.378 e. The molecule has 1 saturated heterocycles. The van der Waals surface area contributed by atoms with Gasteiger partial charge in [0.1, 0.15) is 0 Å². The van der Waals surface area contributed by atoms with Crippen molar-refractivity contribution in [3.8, 4) is 0 Å². The topological polar surface area (TPSA) is 18.5 Å². The molecule has 3 aliphatic carbocycles. The summed E-state index contributed by atoms with van der Waals surface area (Å²) in [5.74, 6) is 4.24. The lowest BCUT2D eigenvalue weighted by molar-refractivity contribution is -0.0499. The average molecular weight is 521 g/mol. The summed E-state index contributed by atoms with van der Waals surface area (Å²) >= 11 is 0. The van der Waals surface area contributed by atoms with Gasteiger partial charge in [0.15, 0.2) is 0 Å². The first-order chi connectivity index (χ1) is 18.1. The molecule has 0 N–H and O–H groups in total. The third kappa shape index (κ3) is 9.75. The molecule has 2 unspecified atom stereocenters. The monoisotopic (exact) mass is 520 g/mol. The first kappa shape index (κ1) is 29.2.